The van der Waals surface area contributed by atoms with Gasteiger partial charge in [0.2, 0.25) is 11.8 Å². The highest BCUT2D eigenvalue weighted by Crippen LogP contribution is 2.20. The molecule has 3 heterocycles. The number of thiophene rings is 1. The summed E-state index contributed by atoms with van der Waals surface area (Å²) in [5.74, 6) is -0.653. The van der Waals surface area contributed by atoms with Crippen LogP contribution >= 0.6 is 22.7 Å². The fourth-order valence-electron chi connectivity index (χ4n) is 2.69. The largest absolute Gasteiger partial charge is 0.369 e. The summed E-state index contributed by atoms with van der Waals surface area (Å²) < 4.78 is 0. The first-order valence-corrected chi connectivity index (χ1v) is 9.65. The fraction of sp³-hybridized carbons (Fsp3) is 0.375. The van der Waals surface area contributed by atoms with E-state index in [4.69, 9.17) is 5.73 Å². The Labute approximate surface area is 152 Å². The van der Waals surface area contributed by atoms with E-state index in [1.807, 2.05) is 11.4 Å². The molecule has 1 saturated heterocycles. The molecule has 7 nitrogen and oxygen atoms in total. The van der Waals surface area contributed by atoms with Gasteiger partial charge in [-0.2, -0.15) is 0 Å². The maximum absolute atomic E-state index is 12.4. The lowest BCUT2D eigenvalue weighted by Gasteiger charge is -2.30. The van der Waals surface area contributed by atoms with Gasteiger partial charge in [0, 0.05) is 24.4 Å². The van der Waals surface area contributed by atoms with E-state index < -0.39 is 0 Å². The van der Waals surface area contributed by atoms with Gasteiger partial charge in [0.1, 0.15) is 0 Å². The number of nitrogens with two attached hydrogens (primary N) is 1. The first kappa shape index (κ1) is 17.6. The van der Waals surface area contributed by atoms with E-state index in [1.54, 1.807) is 16.3 Å². The number of anilines is 1. The van der Waals surface area contributed by atoms with Gasteiger partial charge in [-0.15, -0.1) is 22.7 Å². The number of primary amides is 1. The van der Waals surface area contributed by atoms with Crippen LogP contribution in [0.2, 0.25) is 0 Å². The molecule has 3 rings (SSSR count). The lowest BCUT2D eigenvalue weighted by molar-refractivity contribution is -0.134. The highest BCUT2D eigenvalue weighted by molar-refractivity contribution is 7.14. The van der Waals surface area contributed by atoms with Crippen LogP contribution in [0.3, 0.4) is 0 Å². The van der Waals surface area contributed by atoms with Crippen LogP contribution in [-0.2, 0) is 16.0 Å². The zero-order valence-electron chi connectivity index (χ0n) is 13.4. The quantitative estimate of drug-likeness (QED) is 0.826. The predicted molar refractivity (Wildman–Crippen MR) is 96.6 cm³/mol. The minimum atomic E-state index is -0.294. The number of hydrogen-bond donors (Lipinski definition) is 2. The summed E-state index contributed by atoms with van der Waals surface area (Å²) in [6.45, 7) is 1.08. The molecular formula is C16H18N4O3S2. The number of rotatable bonds is 5. The average molecular weight is 378 g/mol. The molecule has 3 amide bonds. The molecule has 132 valence electrons. The number of aromatic nitrogens is 1. The van der Waals surface area contributed by atoms with Crippen LogP contribution in [0.4, 0.5) is 5.13 Å². The van der Waals surface area contributed by atoms with Crippen molar-refractivity contribution in [2.75, 3.05) is 18.4 Å². The molecule has 25 heavy (non-hydrogen) atoms. The van der Waals surface area contributed by atoms with Crippen molar-refractivity contribution in [2.24, 2.45) is 11.7 Å². The van der Waals surface area contributed by atoms with Gasteiger partial charge < -0.3 is 10.6 Å². The highest BCUT2D eigenvalue weighted by atomic mass is 32.1. The van der Waals surface area contributed by atoms with Crippen LogP contribution in [0.5, 0.6) is 0 Å². The third-order valence-electron chi connectivity index (χ3n) is 4.10. The SMILES string of the molecule is NC(=O)C1CCN(C(=O)Cc2csc(NC(=O)c3cccs3)n2)CC1. The van der Waals surface area contributed by atoms with E-state index in [-0.39, 0.29) is 30.1 Å². The van der Waals surface area contributed by atoms with Crippen molar-refractivity contribution in [1.29, 1.82) is 0 Å². The van der Waals surface area contributed by atoms with Gasteiger partial charge in [0.15, 0.2) is 5.13 Å². The Morgan fingerprint density at radius 2 is 2.04 bits per heavy atom. The molecule has 1 aliphatic heterocycles. The zero-order valence-corrected chi connectivity index (χ0v) is 15.1. The van der Waals surface area contributed by atoms with Gasteiger partial charge in [-0.1, -0.05) is 6.07 Å². The van der Waals surface area contributed by atoms with E-state index >= 15 is 0 Å². The van der Waals surface area contributed by atoms with Crippen molar-refractivity contribution in [3.05, 3.63) is 33.5 Å². The second kappa shape index (κ2) is 7.75. The molecule has 0 saturated carbocycles. The molecule has 0 radical (unpaired) electrons. The highest BCUT2D eigenvalue weighted by Gasteiger charge is 2.26. The molecule has 1 fully saturated rings. The average Bonchev–Trinajstić information content (AvgIpc) is 3.27. The molecule has 2 aromatic heterocycles. The van der Waals surface area contributed by atoms with Crippen LogP contribution in [0.15, 0.2) is 22.9 Å². The maximum atomic E-state index is 12.4. The fourth-order valence-corrected chi connectivity index (χ4v) is 4.02. The molecular weight excluding hydrogens is 360 g/mol. The van der Waals surface area contributed by atoms with Crippen LogP contribution in [0.1, 0.15) is 28.2 Å². The lowest BCUT2D eigenvalue weighted by atomic mass is 9.96. The lowest BCUT2D eigenvalue weighted by Crippen LogP contribution is -2.42. The summed E-state index contributed by atoms with van der Waals surface area (Å²) >= 11 is 2.66. The number of likely N-dealkylation sites (tertiary alicyclic amines) is 1. The summed E-state index contributed by atoms with van der Waals surface area (Å²) in [6, 6.07) is 3.56. The smallest absolute Gasteiger partial charge is 0.267 e. The van der Waals surface area contributed by atoms with Gasteiger partial charge in [-0.3, -0.25) is 19.7 Å². The first-order valence-electron chi connectivity index (χ1n) is 7.89. The van der Waals surface area contributed by atoms with Crippen molar-refractivity contribution >= 4 is 45.5 Å². The third-order valence-corrected chi connectivity index (χ3v) is 5.77. The standard InChI is InChI=1S/C16H18N4O3S2/c17-14(22)10-3-5-20(6-4-10)13(21)8-11-9-25-16(18-11)19-15(23)12-2-1-7-24-12/h1-2,7,9-10H,3-6,8H2,(H2,17,22)(H,18,19,23). The van der Waals surface area contributed by atoms with E-state index in [1.165, 1.54) is 22.7 Å². The van der Waals surface area contributed by atoms with Crippen LogP contribution in [0.25, 0.3) is 0 Å². The molecule has 0 atom stereocenters. The van der Waals surface area contributed by atoms with Crippen LogP contribution in [0, 0.1) is 5.92 Å². The monoisotopic (exact) mass is 378 g/mol. The van der Waals surface area contributed by atoms with Gasteiger partial charge in [-0.25, -0.2) is 4.98 Å². The number of nitrogens with zero attached hydrogens (tertiary/aromatic N) is 2. The summed E-state index contributed by atoms with van der Waals surface area (Å²) in [4.78, 5) is 42.2. The Morgan fingerprint density at radius 3 is 2.68 bits per heavy atom. The summed E-state index contributed by atoms with van der Waals surface area (Å²) in [7, 11) is 0. The van der Waals surface area contributed by atoms with Gasteiger partial charge >= 0.3 is 0 Å². The van der Waals surface area contributed by atoms with Crippen molar-refractivity contribution < 1.29 is 14.4 Å². The topological polar surface area (TPSA) is 105 Å². The van der Waals surface area contributed by atoms with Gasteiger partial charge in [0.25, 0.3) is 5.91 Å². The van der Waals surface area contributed by atoms with E-state index in [0.29, 0.717) is 41.6 Å². The molecule has 3 N–H and O–H groups in total. The molecule has 2 aromatic rings. The number of hydrogen-bond acceptors (Lipinski definition) is 6. The molecule has 1 aliphatic rings. The molecule has 0 bridgehead atoms. The molecule has 0 aliphatic carbocycles. The normalized spacial score (nSPS) is 15.1. The Balaban J connectivity index is 1.52. The Morgan fingerprint density at radius 1 is 1.28 bits per heavy atom. The summed E-state index contributed by atoms with van der Waals surface area (Å²) in [6.07, 6.45) is 1.41. The van der Waals surface area contributed by atoms with Crippen molar-refractivity contribution in [3.63, 3.8) is 0 Å². The van der Waals surface area contributed by atoms with Crippen LogP contribution in [-0.4, -0.2) is 40.7 Å². The molecule has 0 spiro atoms. The maximum Gasteiger partial charge on any atom is 0.267 e. The minimum Gasteiger partial charge on any atom is -0.369 e. The number of amides is 3. The van der Waals surface area contributed by atoms with Crippen molar-refractivity contribution in [1.82, 2.24) is 9.88 Å². The second-order valence-electron chi connectivity index (χ2n) is 5.81. The Bertz CT molecular complexity index is 764. The van der Waals surface area contributed by atoms with E-state index in [0.717, 1.165) is 0 Å². The van der Waals surface area contributed by atoms with E-state index in [2.05, 4.69) is 10.3 Å². The number of piperidine rings is 1. The Hall–Kier alpha value is -2.26. The molecule has 9 heteroatoms. The number of carbonyl (C=O) groups is 3. The Kier molecular flexibility index (Phi) is 5.44. The number of nitrogens with one attached hydrogen (secondary N) is 1. The second-order valence-corrected chi connectivity index (χ2v) is 7.62. The zero-order chi connectivity index (χ0) is 17.8. The number of thiazole rings is 1. The third kappa shape index (κ3) is 4.43. The predicted octanol–water partition coefficient (Wildman–Crippen LogP) is 1.72. The minimum absolute atomic E-state index is 0.0237. The number of carbonyl (C=O) groups excluding carboxylic acids is 3. The van der Waals surface area contributed by atoms with Gasteiger partial charge in [-0.05, 0) is 24.3 Å². The van der Waals surface area contributed by atoms with E-state index in [9.17, 15) is 14.4 Å². The van der Waals surface area contributed by atoms with Crippen molar-refractivity contribution in [3.8, 4) is 0 Å². The molecule has 0 unspecified atom stereocenters. The van der Waals surface area contributed by atoms with Crippen molar-refractivity contribution in [2.45, 2.75) is 19.3 Å². The summed E-state index contributed by atoms with van der Waals surface area (Å²) in [5, 5.41) is 6.83. The molecule has 0 aromatic carbocycles. The van der Waals surface area contributed by atoms with Gasteiger partial charge in [0.05, 0.1) is 17.0 Å². The van der Waals surface area contributed by atoms with Crippen LogP contribution < -0.4 is 11.1 Å². The first-order chi connectivity index (χ1) is 12.0. The summed E-state index contributed by atoms with van der Waals surface area (Å²) in [5.41, 5.74) is 5.94.